The van der Waals surface area contributed by atoms with E-state index in [9.17, 15) is 4.79 Å². The van der Waals surface area contributed by atoms with Crippen LogP contribution in [-0.2, 0) is 16.6 Å². The second-order valence-electron chi connectivity index (χ2n) is 10.3. The summed E-state index contributed by atoms with van der Waals surface area (Å²) in [6.07, 6.45) is 2.81. The molecule has 0 aliphatic rings. The Hall–Kier alpha value is -3.22. The lowest BCUT2D eigenvalue weighted by Crippen LogP contribution is -2.31. The Morgan fingerprint density at radius 1 is 1.11 bits per heavy atom. The number of esters is 1. The molecule has 1 atom stereocenters. The summed E-state index contributed by atoms with van der Waals surface area (Å²) >= 11 is 0. The number of carbonyl (C=O) groups is 1. The van der Waals surface area contributed by atoms with Crippen LogP contribution in [0.5, 0.6) is 11.5 Å². The molecule has 202 valence electrons. The fourth-order valence-corrected chi connectivity index (χ4v) is 4.32. The Bertz CT molecular complexity index is 1070. The van der Waals surface area contributed by atoms with Crippen molar-refractivity contribution in [2.45, 2.75) is 65.4 Å². The molecule has 0 spiro atoms. The molecule has 0 fully saturated rings. The maximum absolute atomic E-state index is 12.2. The van der Waals surface area contributed by atoms with Crippen molar-refractivity contribution >= 4 is 5.97 Å². The molecule has 8 nitrogen and oxygen atoms in total. The summed E-state index contributed by atoms with van der Waals surface area (Å²) in [4.78, 5) is 17.3. The summed E-state index contributed by atoms with van der Waals surface area (Å²) in [6, 6.07) is 13.7. The second kappa shape index (κ2) is 14.5. The molecule has 0 bridgehead atoms. The van der Waals surface area contributed by atoms with Gasteiger partial charge in [-0.2, -0.15) is 0 Å². The van der Waals surface area contributed by atoms with E-state index >= 15 is 0 Å². The van der Waals surface area contributed by atoms with Crippen LogP contribution in [0.2, 0.25) is 0 Å². The lowest BCUT2D eigenvalue weighted by Gasteiger charge is -2.35. The number of carbonyl (C=O) groups excluding carboxylic acids is 1. The van der Waals surface area contributed by atoms with Crippen LogP contribution >= 0.6 is 0 Å². The maximum atomic E-state index is 12.2. The lowest BCUT2D eigenvalue weighted by molar-refractivity contribution is 0.0377. The number of benzene rings is 2. The fourth-order valence-electron chi connectivity index (χ4n) is 4.32. The first-order valence-corrected chi connectivity index (χ1v) is 12.9. The van der Waals surface area contributed by atoms with Gasteiger partial charge in [-0.3, -0.25) is 0 Å². The topological polar surface area (TPSA) is 96.8 Å². The molecule has 2 aromatic carbocycles. The number of hydrogen-bond acceptors (Lipinski definition) is 6. The zero-order chi connectivity index (χ0) is 27.4. The standard InChI is InChI=1S/C29H42N4O4/c1-21(2)29(5,25-12-13-26(27(19-25)35-7)36-20-31-32-30)15-9-16-33(6)17-14-23-10-8-11-24(18-23)28(34)37-22(3)4/h8,10-13,18-19,21-22H,9,14-17,20H2,1-7H3. The molecule has 0 heterocycles. The molecule has 1 unspecified atom stereocenters. The van der Waals surface area contributed by atoms with Crippen LogP contribution < -0.4 is 9.47 Å². The van der Waals surface area contributed by atoms with E-state index in [4.69, 9.17) is 19.7 Å². The Balaban J connectivity index is 1.97. The van der Waals surface area contributed by atoms with E-state index in [-0.39, 0.29) is 24.2 Å². The minimum atomic E-state index is -0.273. The molecule has 2 aromatic rings. The summed E-state index contributed by atoms with van der Waals surface area (Å²) < 4.78 is 16.4. The van der Waals surface area contributed by atoms with Crippen molar-refractivity contribution in [3.05, 3.63) is 69.6 Å². The van der Waals surface area contributed by atoms with Gasteiger partial charge in [0.25, 0.3) is 0 Å². The second-order valence-corrected chi connectivity index (χ2v) is 10.3. The third-order valence-electron chi connectivity index (χ3n) is 6.96. The first-order valence-electron chi connectivity index (χ1n) is 12.9. The number of nitrogens with zero attached hydrogens (tertiary/aromatic N) is 4. The smallest absolute Gasteiger partial charge is 0.338 e. The number of azide groups is 1. The van der Waals surface area contributed by atoms with E-state index in [1.54, 1.807) is 13.2 Å². The minimum absolute atomic E-state index is 0.0391. The van der Waals surface area contributed by atoms with Crippen molar-refractivity contribution in [3.8, 4) is 11.5 Å². The summed E-state index contributed by atoms with van der Waals surface area (Å²) in [7, 11) is 3.76. The molecule has 2 rings (SSSR count). The van der Waals surface area contributed by atoms with Crippen LogP contribution in [0.4, 0.5) is 0 Å². The first kappa shape index (κ1) is 30.0. The molecule has 0 aliphatic heterocycles. The van der Waals surface area contributed by atoms with Crippen LogP contribution in [0.15, 0.2) is 47.6 Å². The SMILES string of the molecule is COc1cc(C(C)(CCCN(C)CCc2cccc(C(=O)OC(C)C)c2)C(C)C)ccc1OCN=[N+]=[N-]. The van der Waals surface area contributed by atoms with E-state index in [1.807, 2.05) is 38.1 Å². The molecule has 0 amide bonds. The quantitative estimate of drug-likeness (QED) is 0.114. The van der Waals surface area contributed by atoms with Crippen molar-refractivity contribution in [3.63, 3.8) is 0 Å². The van der Waals surface area contributed by atoms with E-state index in [0.29, 0.717) is 23.0 Å². The molecule has 0 N–H and O–H groups in total. The van der Waals surface area contributed by atoms with Gasteiger partial charge < -0.3 is 19.1 Å². The largest absolute Gasteiger partial charge is 0.493 e. The van der Waals surface area contributed by atoms with Gasteiger partial charge in [-0.1, -0.05) is 44.1 Å². The number of methoxy groups -OCH3 is 1. The van der Waals surface area contributed by atoms with Crippen molar-refractivity contribution in [1.29, 1.82) is 0 Å². The van der Waals surface area contributed by atoms with E-state index in [1.165, 1.54) is 5.56 Å². The predicted molar refractivity (Wildman–Crippen MR) is 147 cm³/mol. The van der Waals surface area contributed by atoms with Gasteiger partial charge in [0.2, 0.25) is 0 Å². The number of hydrogen-bond donors (Lipinski definition) is 0. The van der Waals surface area contributed by atoms with Gasteiger partial charge in [-0.25, -0.2) is 4.79 Å². The van der Waals surface area contributed by atoms with Gasteiger partial charge in [0.1, 0.15) is 0 Å². The Labute approximate surface area is 221 Å². The monoisotopic (exact) mass is 510 g/mol. The molecule has 0 saturated heterocycles. The average Bonchev–Trinajstić information content (AvgIpc) is 2.87. The van der Waals surface area contributed by atoms with Crippen LogP contribution in [0, 0.1) is 5.92 Å². The van der Waals surface area contributed by atoms with Crippen LogP contribution in [-0.4, -0.2) is 51.0 Å². The molecular weight excluding hydrogens is 468 g/mol. The summed E-state index contributed by atoms with van der Waals surface area (Å²) in [5.41, 5.74) is 11.4. The maximum Gasteiger partial charge on any atom is 0.338 e. The van der Waals surface area contributed by atoms with Gasteiger partial charge in [-0.15, -0.1) is 0 Å². The van der Waals surface area contributed by atoms with Crippen LogP contribution in [0.1, 0.15) is 68.9 Å². The Kier molecular flexibility index (Phi) is 11.8. The Morgan fingerprint density at radius 2 is 1.86 bits per heavy atom. The van der Waals surface area contributed by atoms with Crippen molar-refractivity contribution in [2.24, 2.45) is 11.0 Å². The number of likely N-dealkylation sites (N-methyl/N-ethyl adjacent to an activating group) is 1. The molecule has 37 heavy (non-hydrogen) atoms. The summed E-state index contributed by atoms with van der Waals surface area (Å²) in [5, 5.41) is 3.43. The van der Waals surface area contributed by atoms with E-state index < -0.39 is 0 Å². The number of rotatable bonds is 15. The van der Waals surface area contributed by atoms with Crippen LogP contribution in [0.25, 0.3) is 10.4 Å². The van der Waals surface area contributed by atoms with Crippen LogP contribution in [0.3, 0.4) is 0 Å². The fraction of sp³-hybridized carbons (Fsp3) is 0.552. The molecule has 0 radical (unpaired) electrons. The van der Waals surface area contributed by atoms with Gasteiger partial charge in [0.15, 0.2) is 18.2 Å². The highest BCUT2D eigenvalue weighted by Gasteiger charge is 2.31. The minimum Gasteiger partial charge on any atom is -0.493 e. The molecule has 0 aliphatic carbocycles. The zero-order valence-corrected chi connectivity index (χ0v) is 23.4. The highest BCUT2D eigenvalue weighted by atomic mass is 16.5. The average molecular weight is 511 g/mol. The van der Waals surface area contributed by atoms with E-state index in [0.717, 1.165) is 37.9 Å². The number of ether oxygens (including phenoxy) is 3. The predicted octanol–water partition coefficient (Wildman–Crippen LogP) is 6.78. The van der Waals surface area contributed by atoms with Gasteiger partial charge in [0, 0.05) is 11.5 Å². The van der Waals surface area contributed by atoms with Crippen molar-refractivity contribution < 1.29 is 19.0 Å². The summed E-state index contributed by atoms with van der Waals surface area (Å²) in [6.45, 7) is 12.3. The third-order valence-corrected chi connectivity index (χ3v) is 6.96. The molecule has 0 saturated carbocycles. The first-order chi connectivity index (χ1) is 17.6. The molecule has 8 heteroatoms. The molecular formula is C29H42N4O4. The zero-order valence-electron chi connectivity index (χ0n) is 23.4. The third kappa shape index (κ3) is 8.99. The normalized spacial score (nSPS) is 12.8. The lowest BCUT2D eigenvalue weighted by atomic mass is 9.70. The van der Waals surface area contributed by atoms with Gasteiger partial charge >= 0.3 is 5.97 Å². The van der Waals surface area contributed by atoms with Gasteiger partial charge in [0.05, 0.1) is 18.8 Å². The Morgan fingerprint density at radius 3 is 2.51 bits per heavy atom. The van der Waals surface area contributed by atoms with Gasteiger partial charge in [-0.05, 0) is 99.0 Å². The molecule has 0 aromatic heterocycles. The highest BCUT2D eigenvalue weighted by molar-refractivity contribution is 5.89. The summed E-state index contributed by atoms with van der Waals surface area (Å²) in [5.74, 6) is 1.34. The van der Waals surface area contributed by atoms with Crippen molar-refractivity contribution in [1.82, 2.24) is 4.90 Å². The van der Waals surface area contributed by atoms with Crippen molar-refractivity contribution in [2.75, 3.05) is 34.0 Å². The highest BCUT2D eigenvalue weighted by Crippen LogP contribution is 2.40. The van der Waals surface area contributed by atoms with E-state index in [2.05, 4.69) is 54.9 Å².